The van der Waals surface area contributed by atoms with Gasteiger partial charge in [-0.3, -0.25) is 0 Å². The van der Waals surface area contributed by atoms with Crippen molar-refractivity contribution in [2.45, 2.75) is 19.4 Å². The van der Waals surface area contributed by atoms with Gasteiger partial charge in [-0.2, -0.15) is 0 Å². The topological polar surface area (TPSA) is 49.0 Å². The van der Waals surface area contributed by atoms with E-state index in [4.69, 9.17) is 30.5 Å². The van der Waals surface area contributed by atoms with Crippen molar-refractivity contribution in [2.24, 2.45) is 0 Å². The standard InChI is InChI=1S/C20H24ClNO4/c1-23-17-5-4-14(11-18(17)24-2)6-7-22-13-15-10-16(21)20-19(12-15)25-8-3-9-26-20/h4-5,10-12,22H,3,6-9,13H2,1-2H3. The summed E-state index contributed by atoms with van der Waals surface area (Å²) in [5, 5.41) is 4.04. The van der Waals surface area contributed by atoms with Gasteiger partial charge in [-0.1, -0.05) is 17.7 Å². The fourth-order valence-electron chi connectivity index (χ4n) is 2.89. The quantitative estimate of drug-likeness (QED) is 0.743. The molecule has 0 saturated carbocycles. The Morgan fingerprint density at radius 2 is 1.81 bits per heavy atom. The van der Waals surface area contributed by atoms with E-state index in [1.165, 1.54) is 5.56 Å². The highest BCUT2D eigenvalue weighted by Crippen LogP contribution is 2.38. The van der Waals surface area contributed by atoms with E-state index >= 15 is 0 Å². The number of hydrogen-bond donors (Lipinski definition) is 1. The fraction of sp³-hybridized carbons (Fsp3) is 0.400. The lowest BCUT2D eigenvalue weighted by atomic mass is 10.1. The first-order valence-electron chi connectivity index (χ1n) is 8.71. The number of benzene rings is 2. The van der Waals surface area contributed by atoms with Gasteiger partial charge in [-0.25, -0.2) is 0 Å². The first kappa shape index (κ1) is 18.7. The van der Waals surface area contributed by atoms with Crippen LogP contribution in [-0.4, -0.2) is 34.0 Å². The summed E-state index contributed by atoms with van der Waals surface area (Å²) < 4.78 is 22.0. The largest absolute Gasteiger partial charge is 0.493 e. The molecule has 6 heteroatoms. The van der Waals surface area contributed by atoms with Crippen molar-refractivity contribution in [1.29, 1.82) is 0 Å². The Balaban J connectivity index is 1.55. The Labute approximate surface area is 159 Å². The van der Waals surface area contributed by atoms with Crippen LogP contribution in [0.1, 0.15) is 17.5 Å². The average molecular weight is 378 g/mol. The molecule has 1 aliphatic rings. The van der Waals surface area contributed by atoms with E-state index in [1.54, 1.807) is 14.2 Å². The predicted octanol–water partition coefficient (Wildman–Crippen LogP) is 3.85. The SMILES string of the molecule is COc1ccc(CCNCc2cc(Cl)c3c(c2)OCCCO3)cc1OC. The maximum atomic E-state index is 6.33. The number of methoxy groups -OCH3 is 2. The molecule has 0 saturated heterocycles. The Morgan fingerprint density at radius 1 is 1.00 bits per heavy atom. The highest BCUT2D eigenvalue weighted by molar-refractivity contribution is 6.32. The van der Waals surface area contributed by atoms with Crippen LogP contribution in [0.5, 0.6) is 23.0 Å². The number of halogens is 1. The normalized spacial score (nSPS) is 13.2. The molecule has 0 aliphatic carbocycles. The second kappa shape index (κ2) is 9.01. The third kappa shape index (κ3) is 4.54. The van der Waals surface area contributed by atoms with Gasteiger partial charge in [-0.05, 0) is 48.4 Å². The summed E-state index contributed by atoms with van der Waals surface area (Å²) in [6.07, 6.45) is 1.75. The molecule has 0 aromatic heterocycles. The molecule has 0 fully saturated rings. The van der Waals surface area contributed by atoms with Gasteiger partial charge in [0, 0.05) is 13.0 Å². The van der Waals surface area contributed by atoms with E-state index in [0.717, 1.165) is 42.2 Å². The molecule has 0 spiro atoms. The van der Waals surface area contributed by atoms with E-state index in [9.17, 15) is 0 Å². The molecule has 1 aliphatic heterocycles. The number of rotatable bonds is 7. The van der Waals surface area contributed by atoms with Crippen molar-refractivity contribution in [3.63, 3.8) is 0 Å². The molecule has 0 bridgehead atoms. The minimum Gasteiger partial charge on any atom is -0.493 e. The van der Waals surface area contributed by atoms with Crippen molar-refractivity contribution in [1.82, 2.24) is 5.32 Å². The lowest BCUT2D eigenvalue weighted by Crippen LogP contribution is -2.16. The zero-order valence-electron chi connectivity index (χ0n) is 15.1. The van der Waals surface area contributed by atoms with Gasteiger partial charge >= 0.3 is 0 Å². The molecule has 26 heavy (non-hydrogen) atoms. The van der Waals surface area contributed by atoms with E-state index in [-0.39, 0.29) is 0 Å². The van der Waals surface area contributed by atoms with Crippen LogP contribution in [0, 0.1) is 0 Å². The van der Waals surface area contributed by atoms with Gasteiger partial charge in [-0.15, -0.1) is 0 Å². The number of hydrogen-bond acceptors (Lipinski definition) is 5. The van der Waals surface area contributed by atoms with Gasteiger partial charge in [0.05, 0.1) is 32.5 Å². The maximum absolute atomic E-state index is 6.33. The van der Waals surface area contributed by atoms with Gasteiger partial charge in [0.25, 0.3) is 0 Å². The Morgan fingerprint density at radius 3 is 2.62 bits per heavy atom. The smallest absolute Gasteiger partial charge is 0.179 e. The second-order valence-electron chi connectivity index (χ2n) is 6.07. The molecule has 2 aromatic rings. The van der Waals surface area contributed by atoms with E-state index in [0.29, 0.717) is 30.5 Å². The summed E-state index contributed by atoms with van der Waals surface area (Å²) in [6.45, 7) is 2.83. The molecule has 0 atom stereocenters. The third-order valence-electron chi connectivity index (χ3n) is 4.23. The minimum absolute atomic E-state index is 0.598. The fourth-order valence-corrected chi connectivity index (χ4v) is 3.18. The summed E-state index contributed by atoms with van der Waals surface area (Å²) in [7, 11) is 3.28. The number of fused-ring (bicyclic) bond motifs is 1. The van der Waals surface area contributed by atoms with Crippen LogP contribution in [0.25, 0.3) is 0 Å². The highest BCUT2D eigenvalue weighted by atomic mass is 35.5. The summed E-state index contributed by atoms with van der Waals surface area (Å²) >= 11 is 6.33. The molecule has 1 heterocycles. The first-order chi connectivity index (χ1) is 12.7. The van der Waals surface area contributed by atoms with Crippen LogP contribution < -0.4 is 24.3 Å². The van der Waals surface area contributed by atoms with Crippen molar-refractivity contribution >= 4 is 11.6 Å². The number of nitrogens with one attached hydrogen (secondary N) is 1. The Kier molecular flexibility index (Phi) is 6.47. The summed E-state index contributed by atoms with van der Waals surface area (Å²) in [4.78, 5) is 0. The Hall–Kier alpha value is -2.11. The molecule has 3 rings (SSSR count). The van der Waals surface area contributed by atoms with E-state index < -0.39 is 0 Å². The van der Waals surface area contributed by atoms with Crippen LogP contribution in [0.3, 0.4) is 0 Å². The molecular formula is C20H24ClNO4. The molecule has 5 nitrogen and oxygen atoms in total. The van der Waals surface area contributed by atoms with Gasteiger partial charge in [0.2, 0.25) is 0 Å². The van der Waals surface area contributed by atoms with E-state index in [2.05, 4.69) is 5.32 Å². The molecule has 0 radical (unpaired) electrons. The molecule has 1 N–H and O–H groups in total. The summed E-state index contributed by atoms with van der Waals surface area (Å²) in [5.74, 6) is 2.87. The summed E-state index contributed by atoms with van der Waals surface area (Å²) in [5.41, 5.74) is 2.26. The predicted molar refractivity (Wildman–Crippen MR) is 102 cm³/mol. The zero-order chi connectivity index (χ0) is 18.4. The third-order valence-corrected chi connectivity index (χ3v) is 4.51. The van der Waals surface area contributed by atoms with Gasteiger partial charge < -0.3 is 24.3 Å². The van der Waals surface area contributed by atoms with Crippen LogP contribution in [0.15, 0.2) is 30.3 Å². The van der Waals surface area contributed by atoms with Gasteiger partial charge in [0.15, 0.2) is 23.0 Å². The summed E-state index contributed by atoms with van der Waals surface area (Å²) in [6, 6.07) is 9.91. The van der Waals surface area contributed by atoms with Crippen molar-refractivity contribution in [3.05, 3.63) is 46.5 Å². The molecule has 0 amide bonds. The lowest BCUT2D eigenvalue weighted by molar-refractivity contribution is 0.297. The van der Waals surface area contributed by atoms with Crippen LogP contribution in [-0.2, 0) is 13.0 Å². The Bertz CT molecular complexity index is 751. The first-order valence-corrected chi connectivity index (χ1v) is 9.08. The lowest BCUT2D eigenvalue weighted by Gasteiger charge is -2.12. The number of ether oxygens (including phenoxy) is 4. The highest BCUT2D eigenvalue weighted by Gasteiger charge is 2.15. The van der Waals surface area contributed by atoms with Crippen LogP contribution >= 0.6 is 11.6 Å². The van der Waals surface area contributed by atoms with Crippen molar-refractivity contribution < 1.29 is 18.9 Å². The zero-order valence-corrected chi connectivity index (χ0v) is 15.9. The molecular weight excluding hydrogens is 354 g/mol. The average Bonchev–Trinajstić information content (AvgIpc) is 2.91. The molecule has 0 unspecified atom stereocenters. The maximum Gasteiger partial charge on any atom is 0.179 e. The molecule has 2 aromatic carbocycles. The monoisotopic (exact) mass is 377 g/mol. The van der Waals surface area contributed by atoms with Crippen molar-refractivity contribution in [2.75, 3.05) is 34.0 Å². The minimum atomic E-state index is 0.598. The van der Waals surface area contributed by atoms with Gasteiger partial charge in [0.1, 0.15) is 0 Å². The van der Waals surface area contributed by atoms with Crippen LogP contribution in [0.2, 0.25) is 5.02 Å². The van der Waals surface area contributed by atoms with Crippen LogP contribution in [0.4, 0.5) is 0 Å². The van der Waals surface area contributed by atoms with Crippen molar-refractivity contribution in [3.8, 4) is 23.0 Å². The molecule has 140 valence electrons. The second-order valence-corrected chi connectivity index (χ2v) is 6.48. The van der Waals surface area contributed by atoms with E-state index in [1.807, 2.05) is 30.3 Å².